The molecule has 2 aromatic rings. The average molecular weight is 400 g/mol. The Labute approximate surface area is 156 Å². The number of sulfonamides is 1. The quantitative estimate of drug-likeness (QED) is 0.682. The van der Waals surface area contributed by atoms with Crippen LogP contribution in [0.15, 0.2) is 35.4 Å². The second-order valence-electron chi connectivity index (χ2n) is 5.75. The Hall–Kier alpha value is -2.01. The van der Waals surface area contributed by atoms with E-state index in [-0.39, 0.29) is 10.6 Å². The van der Waals surface area contributed by atoms with Crippen molar-refractivity contribution in [1.29, 1.82) is 0 Å². The van der Waals surface area contributed by atoms with E-state index in [9.17, 15) is 13.2 Å². The number of methoxy groups -OCH3 is 1. The Kier molecular flexibility index (Phi) is 5.56. The SMILES string of the molecule is COC(=O)c1cn(CN2CCN(S(=O)(=O)c3ccc(Cl)cc3)CC2)nn1. The number of carbonyl (C=O) groups is 1. The van der Waals surface area contributed by atoms with Gasteiger partial charge in [0.25, 0.3) is 0 Å². The fraction of sp³-hybridized carbons (Fsp3) is 0.400. The highest BCUT2D eigenvalue weighted by Gasteiger charge is 2.28. The number of nitrogens with zero attached hydrogens (tertiary/aromatic N) is 5. The lowest BCUT2D eigenvalue weighted by molar-refractivity contribution is 0.0593. The molecular weight excluding hydrogens is 382 g/mol. The first kappa shape index (κ1) is 18.8. The molecule has 0 spiro atoms. The molecule has 140 valence electrons. The van der Waals surface area contributed by atoms with Crippen LogP contribution in [-0.4, -0.2) is 71.9 Å². The molecule has 0 N–H and O–H groups in total. The number of halogens is 1. The van der Waals surface area contributed by atoms with Crippen LogP contribution in [0, 0.1) is 0 Å². The van der Waals surface area contributed by atoms with Crippen LogP contribution in [0.3, 0.4) is 0 Å². The van der Waals surface area contributed by atoms with Gasteiger partial charge >= 0.3 is 5.97 Å². The Morgan fingerprint density at radius 1 is 1.19 bits per heavy atom. The van der Waals surface area contributed by atoms with E-state index in [1.165, 1.54) is 34.4 Å². The molecule has 2 heterocycles. The molecule has 0 bridgehead atoms. The first-order valence-electron chi connectivity index (χ1n) is 7.86. The van der Waals surface area contributed by atoms with Crippen molar-refractivity contribution in [3.05, 3.63) is 41.2 Å². The number of hydrogen-bond acceptors (Lipinski definition) is 7. The lowest BCUT2D eigenvalue weighted by Crippen LogP contribution is -2.48. The van der Waals surface area contributed by atoms with E-state index < -0.39 is 16.0 Å². The van der Waals surface area contributed by atoms with Crippen LogP contribution in [0.5, 0.6) is 0 Å². The van der Waals surface area contributed by atoms with Gasteiger partial charge in [-0.1, -0.05) is 16.8 Å². The highest BCUT2D eigenvalue weighted by atomic mass is 35.5. The summed E-state index contributed by atoms with van der Waals surface area (Å²) >= 11 is 5.82. The number of hydrogen-bond donors (Lipinski definition) is 0. The minimum atomic E-state index is -3.53. The molecule has 3 rings (SSSR count). The second-order valence-corrected chi connectivity index (χ2v) is 8.13. The summed E-state index contributed by atoms with van der Waals surface area (Å²) in [4.78, 5) is 13.7. The zero-order valence-electron chi connectivity index (χ0n) is 14.1. The Balaban J connectivity index is 1.59. The summed E-state index contributed by atoms with van der Waals surface area (Å²) < 4.78 is 32.9. The van der Waals surface area contributed by atoms with Gasteiger partial charge in [0.1, 0.15) is 0 Å². The van der Waals surface area contributed by atoms with E-state index in [1.807, 2.05) is 4.90 Å². The Morgan fingerprint density at radius 3 is 2.46 bits per heavy atom. The third-order valence-electron chi connectivity index (χ3n) is 4.06. The van der Waals surface area contributed by atoms with Gasteiger partial charge in [0, 0.05) is 31.2 Å². The maximum atomic E-state index is 12.7. The minimum Gasteiger partial charge on any atom is -0.464 e. The first-order valence-corrected chi connectivity index (χ1v) is 9.68. The molecule has 9 nitrogen and oxygen atoms in total. The van der Waals surface area contributed by atoms with Gasteiger partial charge in [-0.2, -0.15) is 4.31 Å². The molecule has 0 saturated carbocycles. The largest absolute Gasteiger partial charge is 0.464 e. The van der Waals surface area contributed by atoms with Gasteiger partial charge in [-0.05, 0) is 24.3 Å². The number of rotatable bonds is 5. The van der Waals surface area contributed by atoms with Gasteiger partial charge in [0.2, 0.25) is 10.0 Å². The van der Waals surface area contributed by atoms with Gasteiger partial charge in [-0.25, -0.2) is 17.9 Å². The third-order valence-corrected chi connectivity index (χ3v) is 6.23. The van der Waals surface area contributed by atoms with Crippen molar-refractivity contribution in [1.82, 2.24) is 24.2 Å². The Morgan fingerprint density at radius 2 is 1.85 bits per heavy atom. The molecule has 11 heteroatoms. The lowest BCUT2D eigenvalue weighted by atomic mass is 10.4. The summed E-state index contributed by atoms with van der Waals surface area (Å²) in [6, 6.07) is 6.14. The van der Waals surface area contributed by atoms with Crippen LogP contribution in [0.25, 0.3) is 0 Å². The van der Waals surface area contributed by atoms with Crippen LogP contribution in [-0.2, 0) is 21.4 Å². The summed E-state index contributed by atoms with van der Waals surface area (Å²) in [5, 5.41) is 8.12. The maximum absolute atomic E-state index is 12.7. The highest BCUT2D eigenvalue weighted by molar-refractivity contribution is 7.89. The Bertz CT molecular complexity index is 876. The molecule has 26 heavy (non-hydrogen) atoms. The van der Waals surface area contributed by atoms with Crippen LogP contribution in [0.1, 0.15) is 10.5 Å². The average Bonchev–Trinajstić information content (AvgIpc) is 3.10. The van der Waals surface area contributed by atoms with E-state index in [0.29, 0.717) is 37.9 Å². The predicted molar refractivity (Wildman–Crippen MR) is 93.1 cm³/mol. The van der Waals surface area contributed by atoms with E-state index in [2.05, 4.69) is 15.0 Å². The molecule has 0 radical (unpaired) electrons. The van der Waals surface area contributed by atoms with E-state index in [1.54, 1.807) is 12.1 Å². The molecule has 1 fully saturated rings. The van der Waals surface area contributed by atoms with Crippen molar-refractivity contribution in [3.8, 4) is 0 Å². The van der Waals surface area contributed by atoms with Crippen molar-refractivity contribution in [2.45, 2.75) is 11.6 Å². The van der Waals surface area contributed by atoms with Gasteiger partial charge in [0.15, 0.2) is 5.69 Å². The molecule has 0 atom stereocenters. The smallest absolute Gasteiger partial charge is 0.360 e. The zero-order chi connectivity index (χ0) is 18.7. The molecule has 1 aliphatic rings. The summed E-state index contributed by atoms with van der Waals surface area (Å²) in [6.45, 7) is 2.23. The van der Waals surface area contributed by atoms with Crippen molar-refractivity contribution in [3.63, 3.8) is 0 Å². The monoisotopic (exact) mass is 399 g/mol. The summed E-state index contributed by atoms with van der Waals surface area (Å²) in [5.74, 6) is -0.546. The van der Waals surface area contributed by atoms with E-state index in [4.69, 9.17) is 11.6 Å². The lowest BCUT2D eigenvalue weighted by Gasteiger charge is -2.33. The van der Waals surface area contributed by atoms with Crippen molar-refractivity contribution in [2.75, 3.05) is 33.3 Å². The summed E-state index contributed by atoms with van der Waals surface area (Å²) in [7, 11) is -2.25. The van der Waals surface area contributed by atoms with Crippen LogP contribution >= 0.6 is 11.6 Å². The van der Waals surface area contributed by atoms with Crippen LogP contribution in [0.4, 0.5) is 0 Å². The molecule has 1 saturated heterocycles. The number of ether oxygens (including phenoxy) is 1. The van der Waals surface area contributed by atoms with Gasteiger partial charge in [-0.15, -0.1) is 5.10 Å². The first-order chi connectivity index (χ1) is 12.4. The highest BCUT2D eigenvalue weighted by Crippen LogP contribution is 2.20. The van der Waals surface area contributed by atoms with Crippen molar-refractivity contribution < 1.29 is 17.9 Å². The fourth-order valence-electron chi connectivity index (χ4n) is 2.64. The van der Waals surface area contributed by atoms with Crippen molar-refractivity contribution in [2.24, 2.45) is 0 Å². The van der Waals surface area contributed by atoms with Crippen LogP contribution in [0.2, 0.25) is 5.02 Å². The number of carbonyl (C=O) groups excluding carboxylic acids is 1. The number of esters is 1. The minimum absolute atomic E-state index is 0.136. The summed E-state index contributed by atoms with van der Waals surface area (Å²) in [6.07, 6.45) is 1.50. The molecule has 1 aliphatic heterocycles. The second kappa shape index (κ2) is 7.70. The summed E-state index contributed by atoms with van der Waals surface area (Å²) in [5.41, 5.74) is 0.136. The standard InChI is InChI=1S/C15H18ClN5O4S/c1-25-15(22)14-10-20(18-17-14)11-19-6-8-21(9-7-19)26(23,24)13-4-2-12(16)3-5-13/h2-5,10H,6-9,11H2,1H3. The van der Waals surface area contributed by atoms with Gasteiger partial charge in [0.05, 0.1) is 24.9 Å². The molecule has 1 aromatic carbocycles. The number of aromatic nitrogens is 3. The topological polar surface area (TPSA) is 97.6 Å². The molecule has 0 unspecified atom stereocenters. The van der Waals surface area contributed by atoms with Gasteiger partial charge in [-0.3, -0.25) is 4.90 Å². The van der Waals surface area contributed by atoms with E-state index in [0.717, 1.165) is 0 Å². The zero-order valence-corrected chi connectivity index (χ0v) is 15.6. The van der Waals surface area contributed by atoms with E-state index >= 15 is 0 Å². The van der Waals surface area contributed by atoms with Crippen molar-refractivity contribution >= 4 is 27.6 Å². The molecule has 1 aromatic heterocycles. The number of piperazine rings is 1. The van der Waals surface area contributed by atoms with Crippen LogP contribution < -0.4 is 0 Å². The molecular formula is C15H18ClN5O4S. The van der Waals surface area contributed by atoms with Gasteiger partial charge < -0.3 is 4.74 Å². The third kappa shape index (κ3) is 4.04. The molecule has 0 amide bonds. The maximum Gasteiger partial charge on any atom is 0.360 e. The fourth-order valence-corrected chi connectivity index (χ4v) is 4.19. The normalized spacial score (nSPS) is 16.5. The number of benzene rings is 1. The molecule has 0 aliphatic carbocycles. The predicted octanol–water partition coefficient (Wildman–Crippen LogP) is 0.682.